The fourth-order valence-corrected chi connectivity index (χ4v) is 3.13. The minimum Gasteiger partial charge on any atom is -0.322 e. The van der Waals surface area contributed by atoms with Gasteiger partial charge in [0.1, 0.15) is 0 Å². The van der Waals surface area contributed by atoms with Crippen molar-refractivity contribution in [2.45, 2.75) is 51.4 Å². The molecule has 1 aliphatic heterocycles. The molecule has 2 atom stereocenters. The number of nitrogens with one attached hydrogen (secondary N) is 1. The smallest absolute Gasteiger partial charge is 0.244 e. The second-order valence-corrected chi connectivity index (χ2v) is 5.94. The Morgan fingerprint density at radius 2 is 2.33 bits per heavy atom. The van der Waals surface area contributed by atoms with Crippen molar-refractivity contribution in [1.29, 1.82) is 0 Å². The van der Waals surface area contributed by atoms with Crippen LogP contribution in [-0.4, -0.2) is 40.1 Å². The van der Waals surface area contributed by atoms with Crippen molar-refractivity contribution in [2.24, 2.45) is 0 Å². The standard InChI is InChI=1S/C11H20N2OS/c1-4-15-7-8(2)13-9(3)12-11(5-6-11)10(13)14/h8-9,12H,4-7H2,1-3H3. The van der Waals surface area contributed by atoms with Crippen LogP contribution in [0.25, 0.3) is 0 Å². The van der Waals surface area contributed by atoms with Gasteiger partial charge in [0.2, 0.25) is 5.91 Å². The highest BCUT2D eigenvalue weighted by Crippen LogP contribution is 2.42. The second-order valence-electron chi connectivity index (χ2n) is 4.62. The Balaban J connectivity index is 1.99. The molecule has 3 nitrogen and oxygen atoms in total. The van der Waals surface area contributed by atoms with Crippen molar-refractivity contribution in [3.05, 3.63) is 0 Å². The van der Waals surface area contributed by atoms with Crippen LogP contribution in [0.3, 0.4) is 0 Å². The topological polar surface area (TPSA) is 32.3 Å². The number of carbonyl (C=O) groups is 1. The van der Waals surface area contributed by atoms with Crippen molar-refractivity contribution < 1.29 is 4.79 Å². The van der Waals surface area contributed by atoms with Crippen LogP contribution in [0.15, 0.2) is 0 Å². The van der Waals surface area contributed by atoms with Gasteiger partial charge in [0.05, 0.1) is 11.7 Å². The molecule has 0 aromatic heterocycles. The molecule has 2 aliphatic rings. The monoisotopic (exact) mass is 228 g/mol. The van der Waals surface area contributed by atoms with E-state index < -0.39 is 0 Å². The van der Waals surface area contributed by atoms with Gasteiger partial charge >= 0.3 is 0 Å². The van der Waals surface area contributed by atoms with Crippen molar-refractivity contribution in [3.8, 4) is 0 Å². The van der Waals surface area contributed by atoms with Crippen LogP contribution in [-0.2, 0) is 4.79 Å². The van der Waals surface area contributed by atoms with Gasteiger partial charge < -0.3 is 4.90 Å². The Morgan fingerprint density at radius 1 is 1.67 bits per heavy atom. The SMILES string of the molecule is CCSCC(C)N1C(=O)C2(CC2)NC1C. The number of carbonyl (C=O) groups excluding carboxylic acids is 1. The highest BCUT2D eigenvalue weighted by molar-refractivity contribution is 7.99. The Kier molecular flexibility index (Phi) is 2.99. The zero-order valence-electron chi connectivity index (χ0n) is 9.75. The molecule has 1 heterocycles. The molecule has 1 spiro atoms. The summed E-state index contributed by atoms with van der Waals surface area (Å²) in [6.45, 7) is 6.41. The second kappa shape index (κ2) is 3.98. The first kappa shape index (κ1) is 11.3. The van der Waals surface area contributed by atoms with Gasteiger partial charge in [-0.1, -0.05) is 6.92 Å². The molecule has 15 heavy (non-hydrogen) atoms. The molecule has 2 unspecified atom stereocenters. The largest absolute Gasteiger partial charge is 0.322 e. The van der Waals surface area contributed by atoms with Gasteiger partial charge in [0.15, 0.2) is 0 Å². The molecule has 0 aromatic carbocycles. The summed E-state index contributed by atoms with van der Waals surface area (Å²) < 4.78 is 0. The number of rotatable bonds is 4. The maximum Gasteiger partial charge on any atom is 0.244 e. The van der Waals surface area contributed by atoms with Crippen LogP contribution < -0.4 is 5.32 Å². The average Bonchev–Trinajstić information content (AvgIpc) is 2.90. The third-order valence-electron chi connectivity index (χ3n) is 3.33. The normalized spacial score (nSPS) is 29.9. The van der Waals surface area contributed by atoms with Crippen molar-refractivity contribution in [3.63, 3.8) is 0 Å². The molecular weight excluding hydrogens is 208 g/mol. The van der Waals surface area contributed by atoms with E-state index in [9.17, 15) is 4.79 Å². The van der Waals surface area contributed by atoms with E-state index in [1.54, 1.807) is 0 Å². The number of hydrogen-bond donors (Lipinski definition) is 1. The van der Waals surface area contributed by atoms with Gasteiger partial charge in [-0.25, -0.2) is 0 Å². The average molecular weight is 228 g/mol. The van der Waals surface area contributed by atoms with Crippen molar-refractivity contribution in [1.82, 2.24) is 10.2 Å². The number of thioether (sulfide) groups is 1. The van der Waals surface area contributed by atoms with Crippen LogP contribution in [0.2, 0.25) is 0 Å². The molecule has 1 saturated carbocycles. The summed E-state index contributed by atoms with van der Waals surface area (Å²) in [6, 6.07) is 0.352. The lowest BCUT2D eigenvalue weighted by Crippen LogP contribution is -2.42. The summed E-state index contributed by atoms with van der Waals surface area (Å²) in [4.78, 5) is 14.2. The molecule has 1 aliphatic carbocycles. The molecule has 1 saturated heterocycles. The van der Waals surface area contributed by atoms with Gasteiger partial charge in [0, 0.05) is 11.8 Å². The van der Waals surface area contributed by atoms with E-state index in [-0.39, 0.29) is 11.7 Å². The molecule has 1 amide bonds. The lowest BCUT2D eigenvalue weighted by atomic mass is 10.2. The zero-order chi connectivity index (χ0) is 11.1. The molecule has 0 radical (unpaired) electrons. The predicted molar refractivity (Wildman–Crippen MR) is 63.9 cm³/mol. The first-order valence-electron chi connectivity index (χ1n) is 5.79. The lowest BCUT2D eigenvalue weighted by molar-refractivity contribution is -0.132. The number of hydrogen-bond acceptors (Lipinski definition) is 3. The summed E-state index contributed by atoms with van der Waals surface area (Å²) in [6.07, 6.45) is 2.27. The van der Waals surface area contributed by atoms with E-state index in [2.05, 4.69) is 26.1 Å². The third kappa shape index (κ3) is 1.89. The summed E-state index contributed by atoms with van der Waals surface area (Å²) in [5, 5.41) is 3.43. The van der Waals surface area contributed by atoms with Crippen molar-refractivity contribution in [2.75, 3.05) is 11.5 Å². The van der Waals surface area contributed by atoms with Gasteiger partial charge in [-0.2, -0.15) is 11.8 Å². The lowest BCUT2D eigenvalue weighted by Gasteiger charge is -2.27. The minimum absolute atomic E-state index is 0.148. The quantitative estimate of drug-likeness (QED) is 0.790. The van der Waals surface area contributed by atoms with Crippen LogP contribution in [0, 0.1) is 0 Å². The van der Waals surface area contributed by atoms with E-state index in [0.29, 0.717) is 11.9 Å². The van der Waals surface area contributed by atoms with E-state index in [4.69, 9.17) is 0 Å². The Bertz CT molecular complexity index is 265. The summed E-state index contributed by atoms with van der Waals surface area (Å²) in [5.74, 6) is 2.50. The highest BCUT2D eigenvalue weighted by Gasteiger charge is 2.58. The Hall–Kier alpha value is -0.220. The van der Waals surface area contributed by atoms with Gasteiger partial charge in [-0.05, 0) is 32.4 Å². The number of amides is 1. The van der Waals surface area contributed by atoms with Gasteiger partial charge in [0.25, 0.3) is 0 Å². The summed E-state index contributed by atoms with van der Waals surface area (Å²) in [5.41, 5.74) is -0.148. The molecule has 2 fully saturated rings. The molecule has 0 bridgehead atoms. The number of nitrogens with zero attached hydrogens (tertiary/aromatic N) is 1. The van der Waals surface area contributed by atoms with Crippen LogP contribution in [0.5, 0.6) is 0 Å². The van der Waals surface area contributed by atoms with E-state index >= 15 is 0 Å². The van der Waals surface area contributed by atoms with E-state index in [0.717, 1.165) is 24.3 Å². The van der Waals surface area contributed by atoms with Crippen molar-refractivity contribution >= 4 is 17.7 Å². The molecular formula is C11H20N2OS. The third-order valence-corrected chi connectivity index (χ3v) is 4.46. The maximum atomic E-state index is 12.2. The zero-order valence-corrected chi connectivity index (χ0v) is 10.6. The predicted octanol–water partition coefficient (Wildman–Crippen LogP) is 1.44. The Morgan fingerprint density at radius 3 is 2.80 bits per heavy atom. The van der Waals surface area contributed by atoms with Crippen LogP contribution in [0.1, 0.15) is 33.6 Å². The Labute approximate surface area is 96.0 Å². The molecule has 0 aromatic rings. The van der Waals surface area contributed by atoms with Gasteiger partial charge in [-0.3, -0.25) is 10.1 Å². The fraction of sp³-hybridized carbons (Fsp3) is 0.909. The highest BCUT2D eigenvalue weighted by atomic mass is 32.2. The fourth-order valence-electron chi connectivity index (χ4n) is 2.39. The maximum absolute atomic E-state index is 12.2. The minimum atomic E-state index is -0.148. The van der Waals surface area contributed by atoms with E-state index in [1.165, 1.54) is 0 Å². The summed E-state index contributed by atoms with van der Waals surface area (Å²) >= 11 is 1.91. The molecule has 86 valence electrons. The van der Waals surface area contributed by atoms with Crippen LogP contribution >= 0.6 is 11.8 Å². The van der Waals surface area contributed by atoms with Gasteiger partial charge in [-0.15, -0.1) is 0 Å². The van der Waals surface area contributed by atoms with E-state index in [1.807, 2.05) is 16.7 Å². The van der Waals surface area contributed by atoms with Crippen LogP contribution in [0.4, 0.5) is 0 Å². The molecule has 4 heteroatoms. The first-order chi connectivity index (χ1) is 7.10. The molecule has 2 rings (SSSR count). The summed E-state index contributed by atoms with van der Waals surface area (Å²) in [7, 11) is 0. The first-order valence-corrected chi connectivity index (χ1v) is 6.94. The molecule has 1 N–H and O–H groups in total.